The van der Waals surface area contributed by atoms with Gasteiger partial charge in [-0.1, -0.05) is 35.5 Å². The van der Waals surface area contributed by atoms with Crippen molar-refractivity contribution in [1.29, 1.82) is 0 Å². The SMILES string of the molecule is C/C(=N\OCc1ccccc1)c1ccncc1. The Kier molecular flexibility index (Phi) is 3.86. The lowest BCUT2D eigenvalue weighted by Gasteiger charge is -2.02. The highest BCUT2D eigenvalue weighted by atomic mass is 16.6. The van der Waals surface area contributed by atoms with Crippen LogP contribution in [0.5, 0.6) is 0 Å². The zero-order chi connectivity index (χ0) is 11.9. The zero-order valence-corrected chi connectivity index (χ0v) is 9.71. The molecule has 0 aliphatic heterocycles. The topological polar surface area (TPSA) is 34.5 Å². The minimum Gasteiger partial charge on any atom is -0.391 e. The number of benzene rings is 1. The molecule has 1 heterocycles. The van der Waals surface area contributed by atoms with Crippen molar-refractivity contribution in [3.05, 3.63) is 66.0 Å². The molecule has 2 aromatic rings. The van der Waals surface area contributed by atoms with Gasteiger partial charge in [0, 0.05) is 18.0 Å². The van der Waals surface area contributed by atoms with E-state index in [1.165, 1.54) is 0 Å². The summed E-state index contributed by atoms with van der Waals surface area (Å²) in [5.41, 5.74) is 2.98. The van der Waals surface area contributed by atoms with Crippen LogP contribution in [-0.4, -0.2) is 10.7 Å². The van der Waals surface area contributed by atoms with Gasteiger partial charge in [-0.05, 0) is 24.6 Å². The van der Waals surface area contributed by atoms with Crippen molar-refractivity contribution >= 4 is 5.71 Å². The van der Waals surface area contributed by atoms with E-state index in [4.69, 9.17) is 4.84 Å². The molecule has 0 saturated carbocycles. The Morgan fingerprint density at radius 3 is 2.53 bits per heavy atom. The van der Waals surface area contributed by atoms with E-state index in [1.807, 2.05) is 49.4 Å². The average Bonchev–Trinajstić information content (AvgIpc) is 2.41. The van der Waals surface area contributed by atoms with E-state index < -0.39 is 0 Å². The van der Waals surface area contributed by atoms with Crippen LogP contribution in [0.1, 0.15) is 18.1 Å². The average molecular weight is 226 g/mol. The predicted molar refractivity (Wildman–Crippen MR) is 67.7 cm³/mol. The minimum atomic E-state index is 0.489. The maximum absolute atomic E-state index is 5.30. The van der Waals surface area contributed by atoms with Crippen molar-refractivity contribution in [2.75, 3.05) is 0 Å². The van der Waals surface area contributed by atoms with Crippen molar-refractivity contribution in [3.8, 4) is 0 Å². The summed E-state index contributed by atoms with van der Waals surface area (Å²) >= 11 is 0. The normalized spacial score (nSPS) is 11.2. The van der Waals surface area contributed by atoms with E-state index in [2.05, 4.69) is 10.1 Å². The molecule has 0 N–H and O–H groups in total. The molecule has 2 rings (SSSR count). The third-order valence-corrected chi connectivity index (χ3v) is 2.37. The maximum Gasteiger partial charge on any atom is 0.142 e. The van der Waals surface area contributed by atoms with Gasteiger partial charge in [0.15, 0.2) is 0 Å². The molecule has 86 valence electrons. The van der Waals surface area contributed by atoms with Crippen LogP contribution in [0.25, 0.3) is 0 Å². The Labute approximate surface area is 101 Å². The van der Waals surface area contributed by atoms with Gasteiger partial charge in [0.1, 0.15) is 6.61 Å². The number of rotatable bonds is 4. The van der Waals surface area contributed by atoms with Gasteiger partial charge in [0.25, 0.3) is 0 Å². The molecule has 1 aromatic heterocycles. The summed E-state index contributed by atoms with van der Waals surface area (Å²) in [6.45, 7) is 2.41. The largest absolute Gasteiger partial charge is 0.391 e. The van der Waals surface area contributed by atoms with Crippen LogP contribution in [0.3, 0.4) is 0 Å². The van der Waals surface area contributed by atoms with Gasteiger partial charge in [-0.3, -0.25) is 4.98 Å². The van der Waals surface area contributed by atoms with Crippen LogP contribution < -0.4 is 0 Å². The Morgan fingerprint density at radius 2 is 1.82 bits per heavy atom. The first-order valence-corrected chi connectivity index (χ1v) is 5.47. The second-order valence-electron chi connectivity index (χ2n) is 3.67. The summed E-state index contributed by atoms with van der Waals surface area (Å²) < 4.78 is 0. The fourth-order valence-electron chi connectivity index (χ4n) is 1.42. The van der Waals surface area contributed by atoms with Gasteiger partial charge < -0.3 is 4.84 Å². The summed E-state index contributed by atoms with van der Waals surface area (Å²) in [4.78, 5) is 9.26. The van der Waals surface area contributed by atoms with Crippen LogP contribution in [-0.2, 0) is 11.4 Å². The van der Waals surface area contributed by atoms with Crippen molar-refractivity contribution in [2.24, 2.45) is 5.16 Å². The molecule has 0 aliphatic rings. The lowest BCUT2D eigenvalue weighted by molar-refractivity contribution is 0.130. The molecule has 0 fully saturated rings. The molecule has 0 unspecified atom stereocenters. The number of oxime groups is 1. The van der Waals surface area contributed by atoms with E-state index >= 15 is 0 Å². The molecule has 0 radical (unpaired) electrons. The molecule has 1 aromatic carbocycles. The summed E-state index contributed by atoms with van der Waals surface area (Å²) in [5, 5.41) is 4.08. The van der Waals surface area contributed by atoms with E-state index in [0.29, 0.717) is 6.61 Å². The quantitative estimate of drug-likeness (QED) is 0.593. The third kappa shape index (κ3) is 3.41. The van der Waals surface area contributed by atoms with Gasteiger partial charge in [0.05, 0.1) is 5.71 Å². The van der Waals surface area contributed by atoms with Gasteiger partial charge in [-0.2, -0.15) is 0 Å². The molecule has 0 saturated heterocycles. The smallest absolute Gasteiger partial charge is 0.142 e. The Hall–Kier alpha value is -2.16. The fraction of sp³-hybridized carbons (Fsp3) is 0.143. The molecular formula is C14H14N2O. The van der Waals surface area contributed by atoms with Gasteiger partial charge in [-0.25, -0.2) is 0 Å². The summed E-state index contributed by atoms with van der Waals surface area (Å²) in [7, 11) is 0. The monoisotopic (exact) mass is 226 g/mol. The number of hydrogen-bond acceptors (Lipinski definition) is 3. The summed E-state index contributed by atoms with van der Waals surface area (Å²) in [5.74, 6) is 0. The van der Waals surface area contributed by atoms with Crippen LogP contribution in [0.2, 0.25) is 0 Å². The van der Waals surface area contributed by atoms with Crippen molar-refractivity contribution in [2.45, 2.75) is 13.5 Å². The van der Waals surface area contributed by atoms with Crippen LogP contribution in [0.4, 0.5) is 0 Å². The van der Waals surface area contributed by atoms with Gasteiger partial charge in [-0.15, -0.1) is 0 Å². The van der Waals surface area contributed by atoms with Crippen LogP contribution in [0.15, 0.2) is 60.0 Å². The van der Waals surface area contributed by atoms with E-state index in [9.17, 15) is 0 Å². The predicted octanol–water partition coefficient (Wildman–Crippen LogP) is 3.02. The molecular weight excluding hydrogens is 212 g/mol. The van der Waals surface area contributed by atoms with Crippen molar-refractivity contribution in [1.82, 2.24) is 4.98 Å². The first-order valence-electron chi connectivity index (χ1n) is 5.47. The highest BCUT2D eigenvalue weighted by Gasteiger charge is 1.96. The molecule has 3 nitrogen and oxygen atoms in total. The Balaban J connectivity index is 1.93. The third-order valence-electron chi connectivity index (χ3n) is 2.37. The van der Waals surface area contributed by atoms with Crippen molar-refractivity contribution < 1.29 is 4.84 Å². The summed E-state index contributed by atoms with van der Waals surface area (Å²) in [6.07, 6.45) is 3.48. The fourth-order valence-corrected chi connectivity index (χ4v) is 1.42. The van der Waals surface area contributed by atoms with Crippen molar-refractivity contribution in [3.63, 3.8) is 0 Å². The molecule has 17 heavy (non-hydrogen) atoms. The molecule has 0 bridgehead atoms. The van der Waals surface area contributed by atoms with Crippen LogP contribution in [0, 0.1) is 0 Å². The first-order chi connectivity index (χ1) is 8.36. The lowest BCUT2D eigenvalue weighted by atomic mass is 10.2. The highest BCUT2D eigenvalue weighted by Crippen LogP contribution is 2.03. The van der Waals surface area contributed by atoms with E-state index in [0.717, 1.165) is 16.8 Å². The maximum atomic E-state index is 5.30. The number of hydrogen-bond donors (Lipinski definition) is 0. The van der Waals surface area contributed by atoms with E-state index in [-0.39, 0.29) is 0 Å². The molecule has 0 aliphatic carbocycles. The highest BCUT2D eigenvalue weighted by molar-refractivity contribution is 5.98. The standard InChI is InChI=1S/C14H14N2O/c1-12(14-7-9-15-10-8-14)16-17-11-13-5-3-2-4-6-13/h2-10H,11H2,1H3/b16-12+. The molecule has 0 atom stereocenters. The Morgan fingerprint density at radius 1 is 1.12 bits per heavy atom. The minimum absolute atomic E-state index is 0.489. The molecule has 0 amide bonds. The van der Waals surface area contributed by atoms with Gasteiger partial charge >= 0.3 is 0 Å². The molecule has 3 heteroatoms. The van der Waals surface area contributed by atoms with Crippen LogP contribution >= 0.6 is 0 Å². The Bertz CT molecular complexity index is 480. The number of pyridine rings is 1. The first kappa shape index (κ1) is 11.3. The zero-order valence-electron chi connectivity index (χ0n) is 9.71. The number of aromatic nitrogens is 1. The molecule has 0 spiro atoms. The van der Waals surface area contributed by atoms with E-state index in [1.54, 1.807) is 12.4 Å². The second-order valence-corrected chi connectivity index (χ2v) is 3.67. The number of nitrogens with zero attached hydrogens (tertiary/aromatic N) is 2. The second kappa shape index (κ2) is 5.80. The van der Waals surface area contributed by atoms with Gasteiger partial charge in [0.2, 0.25) is 0 Å². The lowest BCUT2D eigenvalue weighted by Crippen LogP contribution is -1.96. The summed E-state index contributed by atoms with van der Waals surface area (Å²) in [6, 6.07) is 13.8.